The molecule has 1 saturated heterocycles. The predicted octanol–water partition coefficient (Wildman–Crippen LogP) is 1.11. The molecule has 1 aromatic rings. The van der Waals surface area contributed by atoms with Crippen LogP contribution >= 0.6 is 0 Å². The van der Waals surface area contributed by atoms with Crippen molar-refractivity contribution in [2.45, 2.75) is 38.8 Å². The van der Waals surface area contributed by atoms with Gasteiger partial charge in [0.2, 0.25) is 0 Å². The van der Waals surface area contributed by atoms with Crippen molar-refractivity contribution in [1.82, 2.24) is 9.78 Å². The summed E-state index contributed by atoms with van der Waals surface area (Å²) in [7, 11) is 0. The van der Waals surface area contributed by atoms with Crippen LogP contribution in [-0.4, -0.2) is 28.1 Å². The summed E-state index contributed by atoms with van der Waals surface area (Å²) in [6.45, 7) is 2.76. The first kappa shape index (κ1) is 13.2. The van der Waals surface area contributed by atoms with Crippen LogP contribution in [0.15, 0.2) is 17.1 Å². The number of hydrogen-bond acceptors (Lipinski definition) is 4. The van der Waals surface area contributed by atoms with Gasteiger partial charge in [-0.2, -0.15) is 5.10 Å². The lowest BCUT2D eigenvalue weighted by molar-refractivity contribution is -0.0425. The van der Waals surface area contributed by atoms with E-state index in [-0.39, 0.29) is 24.3 Å². The van der Waals surface area contributed by atoms with Gasteiger partial charge < -0.3 is 9.84 Å². The van der Waals surface area contributed by atoms with Gasteiger partial charge in [-0.1, -0.05) is 6.92 Å². The van der Waals surface area contributed by atoms with E-state index in [9.17, 15) is 4.79 Å². The SMILES string of the molecule is C[C@H](CO)Cc1cnn(C2CCCCO2)c(=O)c1. The van der Waals surface area contributed by atoms with Gasteiger partial charge in [-0.3, -0.25) is 4.79 Å². The summed E-state index contributed by atoms with van der Waals surface area (Å²) in [6.07, 6.45) is 5.13. The third-order valence-electron chi connectivity index (χ3n) is 3.21. The molecule has 1 aliphatic heterocycles. The predicted molar refractivity (Wildman–Crippen MR) is 67.3 cm³/mol. The molecule has 18 heavy (non-hydrogen) atoms. The number of rotatable bonds is 4. The lowest BCUT2D eigenvalue weighted by atomic mass is 10.0. The Morgan fingerprint density at radius 1 is 1.61 bits per heavy atom. The minimum absolute atomic E-state index is 0.120. The van der Waals surface area contributed by atoms with Gasteiger partial charge in [0.05, 0.1) is 6.20 Å². The lowest BCUT2D eigenvalue weighted by Crippen LogP contribution is -2.31. The summed E-state index contributed by atoms with van der Waals surface area (Å²) in [6, 6.07) is 1.59. The normalized spacial score (nSPS) is 21.8. The average molecular weight is 252 g/mol. The first-order valence-corrected chi connectivity index (χ1v) is 6.51. The highest BCUT2D eigenvalue weighted by atomic mass is 16.5. The van der Waals surface area contributed by atoms with E-state index in [1.54, 1.807) is 12.3 Å². The molecule has 0 spiro atoms. The zero-order chi connectivity index (χ0) is 13.0. The number of aliphatic hydroxyl groups is 1. The second kappa shape index (κ2) is 6.11. The summed E-state index contributed by atoms with van der Waals surface area (Å²) < 4.78 is 6.97. The first-order chi connectivity index (χ1) is 8.70. The summed E-state index contributed by atoms with van der Waals surface area (Å²) in [5.74, 6) is 0.146. The van der Waals surface area contributed by atoms with E-state index in [2.05, 4.69) is 5.10 Å². The van der Waals surface area contributed by atoms with E-state index < -0.39 is 0 Å². The highest BCUT2D eigenvalue weighted by Crippen LogP contribution is 2.19. The molecule has 1 unspecified atom stereocenters. The molecule has 5 nitrogen and oxygen atoms in total. The quantitative estimate of drug-likeness (QED) is 0.872. The largest absolute Gasteiger partial charge is 0.396 e. The van der Waals surface area contributed by atoms with E-state index in [1.165, 1.54) is 4.68 Å². The Kier molecular flexibility index (Phi) is 4.49. The van der Waals surface area contributed by atoms with E-state index in [0.29, 0.717) is 13.0 Å². The second-order valence-corrected chi connectivity index (χ2v) is 4.96. The number of hydrogen-bond donors (Lipinski definition) is 1. The van der Waals surface area contributed by atoms with Crippen molar-refractivity contribution in [3.05, 3.63) is 28.2 Å². The van der Waals surface area contributed by atoms with Crippen LogP contribution in [0.2, 0.25) is 0 Å². The van der Waals surface area contributed by atoms with Crippen molar-refractivity contribution in [3.63, 3.8) is 0 Å². The number of aromatic nitrogens is 2. The molecule has 0 saturated carbocycles. The standard InChI is InChI=1S/C13H20N2O3/c1-10(9-16)6-11-7-12(17)15(14-8-11)13-4-2-3-5-18-13/h7-8,10,13,16H,2-6,9H2,1H3/t10-,13?/m0/s1. The van der Waals surface area contributed by atoms with Gasteiger partial charge in [-0.25, -0.2) is 4.68 Å². The van der Waals surface area contributed by atoms with Crippen LogP contribution in [-0.2, 0) is 11.2 Å². The molecule has 2 heterocycles. The number of ether oxygens (including phenoxy) is 1. The molecular weight excluding hydrogens is 232 g/mol. The maximum atomic E-state index is 12.0. The van der Waals surface area contributed by atoms with Crippen molar-refractivity contribution >= 4 is 0 Å². The third-order valence-corrected chi connectivity index (χ3v) is 3.21. The Morgan fingerprint density at radius 2 is 2.44 bits per heavy atom. The van der Waals surface area contributed by atoms with Crippen LogP contribution in [0.5, 0.6) is 0 Å². The average Bonchev–Trinajstić information content (AvgIpc) is 2.40. The molecule has 1 aliphatic rings. The summed E-state index contributed by atoms with van der Waals surface area (Å²) in [4.78, 5) is 12.0. The molecular formula is C13H20N2O3. The van der Waals surface area contributed by atoms with E-state index in [0.717, 1.165) is 24.8 Å². The molecule has 2 rings (SSSR count). The first-order valence-electron chi connectivity index (χ1n) is 6.51. The highest BCUT2D eigenvalue weighted by molar-refractivity contribution is 5.07. The van der Waals surface area contributed by atoms with Crippen molar-refractivity contribution in [3.8, 4) is 0 Å². The van der Waals surface area contributed by atoms with Gasteiger partial charge in [0.15, 0.2) is 6.23 Å². The van der Waals surface area contributed by atoms with Gasteiger partial charge in [-0.15, -0.1) is 0 Å². The van der Waals surface area contributed by atoms with Gasteiger partial charge >= 0.3 is 0 Å². The van der Waals surface area contributed by atoms with Gasteiger partial charge in [0.1, 0.15) is 0 Å². The Bertz CT molecular complexity index is 438. The van der Waals surface area contributed by atoms with E-state index in [4.69, 9.17) is 9.84 Å². The molecule has 0 bridgehead atoms. The fraction of sp³-hybridized carbons (Fsp3) is 0.692. The number of aliphatic hydroxyl groups excluding tert-OH is 1. The minimum Gasteiger partial charge on any atom is -0.396 e. The fourth-order valence-corrected chi connectivity index (χ4v) is 2.17. The van der Waals surface area contributed by atoms with Crippen LogP contribution in [0.3, 0.4) is 0 Å². The summed E-state index contributed by atoms with van der Waals surface area (Å²) in [5.41, 5.74) is 0.748. The van der Waals surface area contributed by atoms with Crippen molar-refractivity contribution < 1.29 is 9.84 Å². The fourth-order valence-electron chi connectivity index (χ4n) is 2.17. The zero-order valence-corrected chi connectivity index (χ0v) is 10.7. The highest BCUT2D eigenvalue weighted by Gasteiger charge is 2.17. The van der Waals surface area contributed by atoms with E-state index in [1.807, 2.05) is 6.92 Å². The zero-order valence-electron chi connectivity index (χ0n) is 10.7. The summed E-state index contributed by atoms with van der Waals surface area (Å²) in [5, 5.41) is 13.2. The molecule has 1 aromatic heterocycles. The second-order valence-electron chi connectivity index (χ2n) is 4.96. The van der Waals surface area contributed by atoms with Crippen LogP contribution in [0, 0.1) is 5.92 Å². The molecule has 1 N–H and O–H groups in total. The summed E-state index contributed by atoms with van der Waals surface area (Å²) >= 11 is 0. The molecule has 0 amide bonds. The Morgan fingerprint density at radius 3 is 3.06 bits per heavy atom. The maximum Gasteiger partial charge on any atom is 0.269 e. The Labute approximate surface area is 106 Å². The molecule has 0 aromatic carbocycles. The van der Waals surface area contributed by atoms with Gasteiger partial charge in [0, 0.05) is 19.3 Å². The Hall–Kier alpha value is -1.20. The van der Waals surface area contributed by atoms with Crippen LogP contribution in [0.4, 0.5) is 0 Å². The van der Waals surface area contributed by atoms with Crippen molar-refractivity contribution in [2.24, 2.45) is 5.92 Å². The Balaban J connectivity index is 2.11. The van der Waals surface area contributed by atoms with Gasteiger partial charge in [-0.05, 0) is 37.2 Å². The maximum absolute atomic E-state index is 12.0. The van der Waals surface area contributed by atoms with Crippen LogP contribution < -0.4 is 5.56 Å². The molecule has 1 fully saturated rings. The lowest BCUT2D eigenvalue weighted by Gasteiger charge is -2.23. The minimum atomic E-state index is -0.212. The molecule has 2 atom stereocenters. The molecule has 100 valence electrons. The van der Waals surface area contributed by atoms with Crippen LogP contribution in [0.25, 0.3) is 0 Å². The molecule has 0 radical (unpaired) electrons. The van der Waals surface area contributed by atoms with Gasteiger partial charge in [0.25, 0.3) is 5.56 Å². The third kappa shape index (κ3) is 3.17. The van der Waals surface area contributed by atoms with Crippen molar-refractivity contribution in [1.29, 1.82) is 0 Å². The van der Waals surface area contributed by atoms with E-state index >= 15 is 0 Å². The number of nitrogens with zero attached hydrogens (tertiary/aromatic N) is 2. The van der Waals surface area contributed by atoms with Crippen molar-refractivity contribution in [2.75, 3.05) is 13.2 Å². The molecule has 5 heteroatoms. The molecule has 0 aliphatic carbocycles. The topological polar surface area (TPSA) is 64.3 Å². The smallest absolute Gasteiger partial charge is 0.269 e. The van der Waals surface area contributed by atoms with Crippen LogP contribution in [0.1, 0.15) is 38.0 Å². The monoisotopic (exact) mass is 252 g/mol.